The van der Waals surface area contributed by atoms with Crippen molar-refractivity contribution >= 4 is 5.70 Å². The van der Waals surface area contributed by atoms with E-state index >= 15 is 0 Å². The highest BCUT2D eigenvalue weighted by Crippen LogP contribution is 2.32. The van der Waals surface area contributed by atoms with Gasteiger partial charge in [0.15, 0.2) is 0 Å². The molecular formula is C11H13N3. The fraction of sp³-hybridized carbons (Fsp3) is 0.455. The lowest BCUT2D eigenvalue weighted by atomic mass is 10.0. The minimum Gasteiger partial charge on any atom is -0.244 e. The molecule has 1 aromatic rings. The smallest absolute Gasteiger partial charge is 0.0931 e. The Morgan fingerprint density at radius 2 is 2.29 bits per heavy atom. The number of hydrogen-bond acceptors (Lipinski definition) is 2. The molecule has 3 nitrogen and oxygen atoms in total. The molecule has 0 unspecified atom stereocenters. The second-order valence-corrected chi connectivity index (χ2v) is 3.63. The summed E-state index contributed by atoms with van der Waals surface area (Å²) in [4.78, 5) is 0. The van der Waals surface area contributed by atoms with E-state index in [1.54, 1.807) is 12.3 Å². The average Bonchev–Trinajstić information content (AvgIpc) is 2.87. The Hall–Kier alpha value is -1.56. The lowest BCUT2D eigenvalue weighted by molar-refractivity contribution is 0.649. The van der Waals surface area contributed by atoms with Gasteiger partial charge in [-0.15, -0.1) is 0 Å². The zero-order valence-corrected chi connectivity index (χ0v) is 8.06. The summed E-state index contributed by atoms with van der Waals surface area (Å²) >= 11 is 0. The van der Waals surface area contributed by atoms with E-state index in [4.69, 9.17) is 5.26 Å². The summed E-state index contributed by atoms with van der Waals surface area (Å²) in [5.74, 6) is 0.523. The molecule has 0 aromatic carbocycles. The first-order valence-corrected chi connectivity index (χ1v) is 5.01. The summed E-state index contributed by atoms with van der Waals surface area (Å²) in [5.41, 5.74) is 1.05. The Balaban J connectivity index is 2.25. The van der Waals surface area contributed by atoms with Crippen molar-refractivity contribution in [1.29, 1.82) is 5.26 Å². The maximum absolute atomic E-state index is 8.73. The summed E-state index contributed by atoms with van der Waals surface area (Å²) in [5, 5.41) is 12.9. The molecule has 0 spiro atoms. The van der Waals surface area contributed by atoms with Gasteiger partial charge in [-0.2, -0.15) is 10.4 Å². The molecule has 0 N–H and O–H groups in total. The molecular weight excluding hydrogens is 174 g/mol. The number of rotatable bonds is 2. The topological polar surface area (TPSA) is 41.6 Å². The molecule has 1 fully saturated rings. The zero-order chi connectivity index (χ0) is 9.80. The van der Waals surface area contributed by atoms with Gasteiger partial charge in [-0.3, -0.25) is 0 Å². The van der Waals surface area contributed by atoms with Gasteiger partial charge in [0.25, 0.3) is 0 Å². The molecule has 1 saturated carbocycles. The van der Waals surface area contributed by atoms with E-state index in [2.05, 4.69) is 11.2 Å². The van der Waals surface area contributed by atoms with Gasteiger partial charge in [-0.1, -0.05) is 12.8 Å². The van der Waals surface area contributed by atoms with E-state index in [0.717, 1.165) is 5.70 Å². The van der Waals surface area contributed by atoms with Crippen LogP contribution in [0.2, 0.25) is 0 Å². The number of hydrogen-bond donors (Lipinski definition) is 0. The van der Waals surface area contributed by atoms with Gasteiger partial charge in [0.2, 0.25) is 0 Å². The predicted molar refractivity (Wildman–Crippen MR) is 54.1 cm³/mol. The highest BCUT2D eigenvalue weighted by molar-refractivity contribution is 5.50. The molecule has 0 aliphatic heterocycles. The third-order valence-electron chi connectivity index (χ3n) is 2.75. The van der Waals surface area contributed by atoms with Crippen molar-refractivity contribution in [2.75, 3.05) is 0 Å². The lowest BCUT2D eigenvalue weighted by Crippen LogP contribution is -2.06. The summed E-state index contributed by atoms with van der Waals surface area (Å²) in [6.07, 6.45) is 10.2. The first kappa shape index (κ1) is 9.01. The first-order chi connectivity index (χ1) is 6.92. The van der Waals surface area contributed by atoms with Crippen molar-refractivity contribution in [1.82, 2.24) is 9.78 Å². The quantitative estimate of drug-likeness (QED) is 0.667. The van der Waals surface area contributed by atoms with Gasteiger partial charge in [-0.25, -0.2) is 4.68 Å². The fourth-order valence-corrected chi connectivity index (χ4v) is 2.08. The van der Waals surface area contributed by atoms with Gasteiger partial charge in [-0.05, 0) is 18.9 Å². The van der Waals surface area contributed by atoms with Crippen LogP contribution in [0.5, 0.6) is 0 Å². The molecule has 0 radical (unpaired) electrons. The second kappa shape index (κ2) is 4.10. The zero-order valence-electron chi connectivity index (χ0n) is 8.06. The Morgan fingerprint density at radius 3 is 2.86 bits per heavy atom. The predicted octanol–water partition coefficient (Wildman–Crippen LogP) is 2.44. The van der Waals surface area contributed by atoms with Crippen molar-refractivity contribution in [3.05, 3.63) is 24.5 Å². The van der Waals surface area contributed by atoms with Crippen molar-refractivity contribution in [3.63, 3.8) is 0 Å². The highest BCUT2D eigenvalue weighted by atomic mass is 15.3. The Morgan fingerprint density at radius 1 is 1.50 bits per heavy atom. The Kier molecular flexibility index (Phi) is 2.64. The maximum Gasteiger partial charge on any atom is 0.0931 e. The summed E-state index contributed by atoms with van der Waals surface area (Å²) < 4.78 is 1.82. The average molecular weight is 187 g/mol. The van der Waals surface area contributed by atoms with Gasteiger partial charge in [0.1, 0.15) is 0 Å². The van der Waals surface area contributed by atoms with Gasteiger partial charge in [0, 0.05) is 24.4 Å². The molecule has 1 aliphatic rings. The Bertz CT molecular complexity index is 350. The van der Waals surface area contributed by atoms with E-state index in [-0.39, 0.29) is 0 Å². The van der Waals surface area contributed by atoms with E-state index in [1.165, 1.54) is 25.7 Å². The van der Waals surface area contributed by atoms with Crippen LogP contribution in [-0.4, -0.2) is 9.78 Å². The van der Waals surface area contributed by atoms with E-state index in [0.29, 0.717) is 5.92 Å². The molecule has 1 aromatic heterocycles. The van der Waals surface area contributed by atoms with E-state index < -0.39 is 0 Å². The largest absolute Gasteiger partial charge is 0.244 e. The Labute approximate surface area is 83.7 Å². The minimum atomic E-state index is 0.523. The second-order valence-electron chi connectivity index (χ2n) is 3.63. The van der Waals surface area contributed by atoms with Crippen molar-refractivity contribution < 1.29 is 0 Å². The van der Waals surface area contributed by atoms with E-state index in [9.17, 15) is 0 Å². The van der Waals surface area contributed by atoms with Crippen LogP contribution in [0.3, 0.4) is 0 Å². The van der Waals surface area contributed by atoms with Crippen LogP contribution in [0, 0.1) is 17.2 Å². The minimum absolute atomic E-state index is 0.523. The molecule has 0 bridgehead atoms. The van der Waals surface area contributed by atoms with Gasteiger partial charge >= 0.3 is 0 Å². The van der Waals surface area contributed by atoms with Crippen LogP contribution in [0.15, 0.2) is 24.5 Å². The van der Waals surface area contributed by atoms with Crippen LogP contribution < -0.4 is 0 Å². The molecule has 1 aliphatic carbocycles. The standard InChI is InChI=1S/C11H13N3/c12-7-6-11(10-4-1-2-5-10)14-9-3-8-13-14/h3,6,8-10H,1-2,4-5H2. The van der Waals surface area contributed by atoms with Crippen LogP contribution >= 0.6 is 0 Å². The van der Waals surface area contributed by atoms with Crippen LogP contribution in [0.4, 0.5) is 0 Å². The number of nitriles is 1. The SMILES string of the molecule is N#CC=C(C1CCCC1)n1cccn1. The summed E-state index contributed by atoms with van der Waals surface area (Å²) in [7, 11) is 0. The van der Waals surface area contributed by atoms with Crippen molar-refractivity contribution in [3.8, 4) is 6.07 Å². The van der Waals surface area contributed by atoms with Gasteiger partial charge < -0.3 is 0 Å². The van der Waals surface area contributed by atoms with E-state index in [1.807, 2.05) is 16.9 Å². The molecule has 0 amide bonds. The molecule has 1 heterocycles. The molecule has 2 rings (SSSR count). The summed E-state index contributed by atoms with van der Waals surface area (Å²) in [6.45, 7) is 0. The normalized spacial score (nSPS) is 18.4. The lowest BCUT2D eigenvalue weighted by Gasteiger charge is -2.12. The number of allylic oxidation sites excluding steroid dienone is 2. The monoisotopic (exact) mass is 187 g/mol. The fourth-order valence-electron chi connectivity index (χ4n) is 2.08. The molecule has 14 heavy (non-hydrogen) atoms. The van der Waals surface area contributed by atoms with Crippen LogP contribution in [-0.2, 0) is 0 Å². The first-order valence-electron chi connectivity index (χ1n) is 5.01. The van der Waals surface area contributed by atoms with Crippen molar-refractivity contribution in [2.24, 2.45) is 5.92 Å². The third-order valence-corrected chi connectivity index (χ3v) is 2.75. The van der Waals surface area contributed by atoms with Crippen molar-refractivity contribution in [2.45, 2.75) is 25.7 Å². The maximum atomic E-state index is 8.73. The highest BCUT2D eigenvalue weighted by Gasteiger charge is 2.20. The number of nitrogens with zero attached hydrogens (tertiary/aromatic N) is 3. The van der Waals surface area contributed by atoms with Gasteiger partial charge in [0.05, 0.1) is 11.8 Å². The molecule has 72 valence electrons. The van der Waals surface area contributed by atoms with Crippen LogP contribution in [0.1, 0.15) is 25.7 Å². The molecule has 0 atom stereocenters. The number of aromatic nitrogens is 2. The summed E-state index contributed by atoms with van der Waals surface area (Å²) in [6, 6.07) is 4.00. The van der Waals surface area contributed by atoms with Crippen LogP contribution in [0.25, 0.3) is 5.70 Å². The molecule has 3 heteroatoms. The third kappa shape index (κ3) is 1.69. The molecule has 0 saturated heterocycles.